The van der Waals surface area contributed by atoms with Gasteiger partial charge in [0.15, 0.2) is 0 Å². The Kier molecular flexibility index (Phi) is 6.37. The van der Waals surface area contributed by atoms with E-state index < -0.39 is 6.04 Å². The lowest BCUT2D eigenvalue weighted by Gasteiger charge is -2.29. The average Bonchev–Trinajstić information content (AvgIpc) is 2.89. The summed E-state index contributed by atoms with van der Waals surface area (Å²) in [5, 5.41) is 5.98. The van der Waals surface area contributed by atoms with E-state index in [9.17, 15) is 14.4 Å². The monoisotopic (exact) mass is 413 g/mol. The summed E-state index contributed by atoms with van der Waals surface area (Å²) in [6.45, 7) is 3.54. The molecule has 7 heteroatoms. The Bertz CT molecular complexity index is 825. The molecule has 3 atom stereocenters. The Labute approximate surface area is 177 Å². The van der Waals surface area contributed by atoms with Crippen LogP contribution in [0.1, 0.15) is 74.2 Å². The number of carbonyl (C=O) groups is 3. The summed E-state index contributed by atoms with van der Waals surface area (Å²) in [4.78, 5) is 38.1. The standard InChI is InChI=1S/C23H31N3O4/c1-2-12-24-18-6-4-3-5-7-20(18)30-16-8-9-17-15(13-16)14-26(23(17)29)19-10-11-21(27)25-22(19)28/h8-9,13,18-20,24H,2-7,10-12,14H2,1H3,(H,25,27,28). The number of benzene rings is 1. The van der Waals surface area contributed by atoms with Crippen molar-refractivity contribution in [3.8, 4) is 5.75 Å². The summed E-state index contributed by atoms with van der Waals surface area (Å²) in [5.74, 6) is -0.0252. The van der Waals surface area contributed by atoms with Crippen molar-refractivity contribution in [3.05, 3.63) is 29.3 Å². The first-order valence-electron chi connectivity index (χ1n) is 11.2. The fourth-order valence-corrected chi connectivity index (χ4v) is 4.78. The molecular weight excluding hydrogens is 382 g/mol. The number of hydrogen-bond donors (Lipinski definition) is 2. The third kappa shape index (κ3) is 4.36. The minimum absolute atomic E-state index is 0.125. The summed E-state index contributed by atoms with van der Waals surface area (Å²) in [6.07, 6.45) is 7.64. The normalized spacial score (nSPS) is 26.9. The molecule has 7 nitrogen and oxygen atoms in total. The number of amides is 3. The lowest BCUT2D eigenvalue weighted by Crippen LogP contribution is -2.52. The number of piperidine rings is 1. The predicted octanol–water partition coefficient (Wildman–Crippen LogP) is 2.53. The van der Waals surface area contributed by atoms with Gasteiger partial charge < -0.3 is 15.0 Å². The van der Waals surface area contributed by atoms with Gasteiger partial charge in [-0.3, -0.25) is 19.7 Å². The van der Waals surface area contributed by atoms with E-state index in [1.165, 1.54) is 19.3 Å². The van der Waals surface area contributed by atoms with Gasteiger partial charge in [0.25, 0.3) is 5.91 Å². The summed E-state index contributed by atoms with van der Waals surface area (Å²) in [7, 11) is 0. The Hall–Kier alpha value is -2.41. The molecular formula is C23H31N3O4. The molecule has 1 aliphatic carbocycles. The zero-order chi connectivity index (χ0) is 21.1. The molecule has 0 aromatic heterocycles. The number of imide groups is 1. The van der Waals surface area contributed by atoms with Gasteiger partial charge >= 0.3 is 0 Å². The van der Waals surface area contributed by atoms with Crippen LogP contribution in [-0.4, -0.2) is 47.4 Å². The average molecular weight is 414 g/mol. The number of ether oxygens (including phenoxy) is 1. The van der Waals surface area contributed by atoms with Crippen molar-refractivity contribution >= 4 is 17.7 Å². The molecule has 0 spiro atoms. The lowest BCUT2D eigenvalue weighted by molar-refractivity contribution is -0.136. The van der Waals surface area contributed by atoms with Crippen LogP contribution in [0.3, 0.4) is 0 Å². The maximum absolute atomic E-state index is 12.9. The zero-order valence-electron chi connectivity index (χ0n) is 17.6. The largest absolute Gasteiger partial charge is 0.489 e. The van der Waals surface area contributed by atoms with E-state index in [-0.39, 0.29) is 30.2 Å². The van der Waals surface area contributed by atoms with Crippen LogP contribution in [0, 0.1) is 0 Å². The van der Waals surface area contributed by atoms with Crippen LogP contribution in [0.2, 0.25) is 0 Å². The van der Waals surface area contributed by atoms with Crippen molar-refractivity contribution in [3.63, 3.8) is 0 Å². The van der Waals surface area contributed by atoms with E-state index in [0.717, 1.165) is 37.1 Å². The predicted molar refractivity (Wildman–Crippen MR) is 112 cm³/mol. The third-order valence-electron chi connectivity index (χ3n) is 6.39. The van der Waals surface area contributed by atoms with Crippen molar-refractivity contribution in [1.82, 2.24) is 15.5 Å². The second kappa shape index (κ2) is 9.16. The molecule has 3 amide bonds. The van der Waals surface area contributed by atoms with Crippen molar-refractivity contribution in [1.29, 1.82) is 0 Å². The van der Waals surface area contributed by atoms with Gasteiger partial charge in [-0.25, -0.2) is 0 Å². The van der Waals surface area contributed by atoms with E-state index in [2.05, 4.69) is 17.6 Å². The zero-order valence-corrected chi connectivity index (χ0v) is 17.6. The van der Waals surface area contributed by atoms with E-state index in [1.54, 1.807) is 4.90 Å². The Morgan fingerprint density at radius 1 is 1.13 bits per heavy atom. The molecule has 3 unspecified atom stereocenters. The van der Waals surface area contributed by atoms with Crippen LogP contribution in [0.25, 0.3) is 0 Å². The number of carbonyl (C=O) groups excluding carboxylic acids is 3. The summed E-state index contributed by atoms with van der Waals surface area (Å²) in [6, 6.07) is 5.39. The van der Waals surface area contributed by atoms with Crippen LogP contribution >= 0.6 is 0 Å². The first-order chi connectivity index (χ1) is 14.6. The molecule has 2 aliphatic heterocycles. The Morgan fingerprint density at radius 2 is 1.97 bits per heavy atom. The van der Waals surface area contributed by atoms with E-state index in [4.69, 9.17) is 4.74 Å². The second-order valence-corrected chi connectivity index (χ2v) is 8.57. The van der Waals surface area contributed by atoms with Gasteiger partial charge in [0.1, 0.15) is 17.9 Å². The fraction of sp³-hybridized carbons (Fsp3) is 0.609. The molecule has 30 heavy (non-hydrogen) atoms. The maximum atomic E-state index is 12.9. The summed E-state index contributed by atoms with van der Waals surface area (Å²) in [5.41, 5.74) is 1.50. The number of fused-ring (bicyclic) bond motifs is 1. The van der Waals surface area contributed by atoms with Gasteiger partial charge in [-0.05, 0) is 62.4 Å². The Balaban J connectivity index is 1.47. The highest BCUT2D eigenvalue weighted by atomic mass is 16.5. The van der Waals surface area contributed by atoms with E-state index >= 15 is 0 Å². The van der Waals surface area contributed by atoms with Gasteiger partial charge in [-0.2, -0.15) is 0 Å². The van der Waals surface area contributed by atoms with Crippen LogP contribution in [-0.2, 0) is 16.1 Å². The van der Waals surface area contributed by atoms with Crippen molar-refractivity contribution < 1.29 is 19.1 Å². The topological polar surface area (TPSA) is 87.7 Å². The second-order valence-electron chi connectivity index (χ2n) is 8.57. The maximum Gasteiger partial charge on any atom is 0.255 e. The van der Waals surface area contributed by atoms with Gasteiger partial charge in [0, 0.05) is 24.6 Å². The third-order valence-corrected chi connectivity index (χ3v) is 6.39. The highest BCUT2D eigenvalue weighted by Crippen LogP contribution is 2.31. The lowest BCUT2D eigenvalue weighted by atomic mass is 10.0. The van der Waals surface area contributed by atoms with Gasteiger partial charge in [0.05, 0.1) is 0 Å². The van der Waals surface area contributed by atoms with Crippen LogP contribution < -0.4 is 15.4 Å². The highest BCUT2D eigenvalue weighted by Gasteiger charge is 2.39. The Morgan fingerprint density at radius 3 is 2.77 bits per heavy atom. The highest BCUT2D eigenvalue weighted by molar-refractivity contribution is 6.05. The molecule has 1 aromatic carbocycles. The molecule has 1 saturated carbocycles. The molecule has 2 N–H and O–H groups in total. The minimum atomic E-state index is -0.587. The summed E-state index contributed by atoms with van der Waals surface area (Å²) >= 11 is 0. The smallest absolute Gasteiger partial charge is 0.255 e. The number of rotatable bonds is 6. The SMILES string of the molecule is CCCNC1CCCCCC1Oc1ccc2c(c1)CN(C1CCC(=O)NC1=O)C2=O. The van der Waals surface area contributed by atoms with Gasteiger partial charge in [-0.15, -0.1) is 0 Å². The molecule has 162 valence electrons. The molecule has 0 radical (unpaired) electrons. The number of nitrogens with one attached hydrogen (secondary N) is 2. The molecule has 4 rings (SSSR count). The van der Waals surface area contributed by atoms with E-state index in [0.29, 0.717) is 24.6 Å². The van der Waals surface area contributed by atoms with Gasteiger partial charge in [0.2, 0.25) is 11.8 Å². The quantitative estimate of drug-likeness (QED) is 0.553. The molecule has 2 fully saturated rings. The minimum Gasteiger partial charge on any atom is -0.489 e. The summed E-state index contributed by atoms with van der Waals surface area (Å²) < 4.78 is 6.41. The first-order valence-corrected chi connectivity index (χ1v) is 11.2. The van der Waals surface area contributed by atoms with Crippen molar-refractivity contribution in [2.45, 2.75) is 83.0 Å². The molecule has 1 aromatic rings. The first kappa shape index (κ1) is 20.8. The number of nitrogens with zero attached hydrogens (tertiary/aromatic N) is 1. The molecule has 3 aliphatic rings. The molecule has 2 heterocycles. The van der Waals surface area contributed by atoms with Crippen LogP contribution in [0.15, 0.2) is 18.2 Å². The van der Waals surface area contributed by atoms with Crippen LogP contribution in [0.5, 0.6) is 5.75 Å². The van der Waals surface area contributed by atoms with E-state index in [1.807, 2.05) is 18.2 Å². The van der Waals surface area contributed by atoms with Gasteiger partial charge in [-0.1, -0.05) is 19.8 Å². The molecule has 1 saturated heterocycles. The van der Waals surface area contributed by atoms with Crippen molar-refractivity contribution in [2.24, 2.45) is 0 Å². The van der Waals surface area contributed by atoms with Crippen LogP contribution in [0.4, 0.5) is 0 Å². The fourth-order valence-electron chi connectivity index (χ4n) is 4.78. The number of hydrogen-bond acceptors (Lipinski definition) is 5. The van der Waals surface area contributed by atoms with Crippen molar-refractivity contribution in [2.75, 3.05) is 6.54 Å². The molecule has 0 bridgehead atoms.